The number of benzene rings is 4. The number of H-pyrrole nitrogens is 1. The van der Waals surface area contributed by atoms with E-state index in [0.717, 1.165) is 16.6 Å². The van der Waals surface area contributed by atoms with Crippen molar-refractivity contribution in [2.45, 2.75) is 19.4 Å². The molecule has 1 amide bonds. The van der Waals surface area contributed by atoms with E-state index < -0.39 is 11.9 Å². The number of ether oxygens (including phenoxy) is 1. The number of hydrogen-bond acceptors (Lipinski definition) is 4. The molecule has 0 fully saturated rings. The molecule has 0 aliphatic carbocycles. The Balaban J connectivity index is 1.54. The number of nitrogens with one attached hydrogen (secondary N) is 2. The van der Waals surface area contributed by atoms with Crippen LogP contribution < -0.4 is 10.1 Å². The lowest BCUT2D eigenvalue weighted by atomic mass is 9.93. The van der Waals surface area contributed by atoms with Gasteiger partial charge in [-0.3, -0.25) is 4.79 Å². The zero-order chi connectivity index (χ0) is 28.4. The molecule has 4 aromatic carbocycles. The monoisotopic (exact) mass is 573 g/mol. The van der Waals surface area contributed by atoms with E-state index in [1.165, 1.54) is 13.2 Å². The Bertz CT molecular complexity index is 1720. The van der Waals surface area contributed by atoms with Gasteiger partial charge in [0.25, 0.3) is 5.91 Å². The lowest BCUT2D eigenvalue weighted by molar-refractivity contribution is 0.0697. The molecule has 9 heteroatoms. The Kier molecular flexibility index (Phi) is 7.78. The van der Waals surface area contributed by atoms with E-state index in [2.05, 4.69) is 15.3 Å². The first-order valence-corrected chi connectivity index (χ1v) is 13.3. The van der Waals surface area contributed by atoms with Crippen molar-refractivity contribution in [1.29, 1.82) is 0 Å². The van der Waals surface area contributed by atoms with Gasteiger partial charge < -0.3 is 20.1 Å². The van der Waals surface area contributed by atoms with E-state index in [-0.39, 0.29) is 17.2 Å². The maximum absolute atomic E-state index is 13.3. The highest BCUT2D eigenvalue weighted by Gasteiger charge is 2.23. The summed E-state index contributed by atoms with van der Waals surface area (Å²) >= 11 is 12.8. The Labute approximate surface area is 240 Å². The van der Waals surface area contributed by atoms with E-state index in [4.69, 9.17) is 27.9 Å². The highest BCUT2D eigenvalue weighted by atomic mass is 35.5. The average molecular weight is 574 g/mol. The van der Waals surface area contributed by atoms with Crippen LogP contribution in [0.5, 0.6) is 5.75 Å². The number of amides is 1. The number of rotatable bonds is 8. The van der Waals surface area contributed by atoms with Crippen LogP contribution in [0.2, 0.25) is 10.0 Å². The molecular formula is C31H25Cl2N3O4. The molecule has 0 spiro atoms. The number of hydrogen-bond donors (Lipinski definition) is 3. The third-order valence-corrected chi connectivity index (χ3v) is 7.27. The molecule has 0 radical (unpaired) electrons. The van der Waals surface area contributed by atoms with Gasteiger partial charge in [0.1, 0.15) is 11.6 Å². The van der Waals surface area contributed by atoms with Crippen LogP contribution in [-0.4, -0.2) is 34.1 Å². The van der Waals surface area contributed by atoms with Crippen molar-refractivity contribution in [3.05, 3.63) is 106 Å². The van der Waals surface area contributed by atoms with Gasteiger partial charge in [0.2, 0.25) is 0 Å². The summed E-state index contributed by atoms with van der Waals surface area (Å²) in [5.41, 5.74) is 4.04. The second-order valence-corrected chi connectivity index (χ2v) is 9.99. The minimum atomic E-state index is -1.19. The molecule has 7 nitrogen and oxygen atoms in total. The quantitative estimate of drug-likeness (QED) is 0.176. The summed E-state index contributed by atoms with van der Waals surface area (Å²) in [5, 5.41) is 14.0. The van der Waals surface area contributed by atoms with E-state index >= 15 is 0 Å². The van der Waals surface area contributed by atoms with Crippen LogP contribution in [0, 0.1) is 0 Å². The zero-order valence-corrected chi connectivity index (χ0v) is 23.2. The molecule has 0 saturated heterocycles. The number of aromatic carboxylic acids is 1. The third kappa shape index (κ3) is 5.26. The fourth-order valence-corrected chi connectivity index (χ4v) is 5.21. The van der Waals surface area contributed by atoms with Crippen molar-refractivity contribution in [2.75, 3.05) is 7.11 Å². The molecule has 0 aliphatic rings. The van der Waals surface area contributed by atoms with Crippen molar-refractivity contribution in [3.8, 4) is 28.3 Å². The minimum absolute atomic E-state index is 0.0600. The van der Waals surface area contributed by atoms with Crippen LogP contribution in [0.4, 0.5) is 0 Å². The summed E-state index contributed by atoms with van der Waals surface area (Å²) in [6.45, 7) is 1.93. The van der Waals surface area contributed by atoms with E-state index in [1.807, 2.05) is 37.3 Å². The second kappa shape index (κ2) is 11.4. The number of imidazole rings is 1. The SMILES string of the molecule is CC[C@H](NC(=O)c1ccc(-c2c(Cl)cccc2-c2nc3ccccc3[nH]2)c(C(=O)O)c1)c1ccc(Cl)cc1OC. The summed E-state index contributed by atoms with van der Waals surface area (Å²) in [7, 11) is 1.54. The Morgan fingerprint density at radius 2 is 1.80 bits per heavy atom. The lowest BCUT2D eigenvalue weighted by Crippen LogP contribution is -2.28. The molecule has 1 aromatic heterocycles. The number of carbonyl (C=O) groups is 2. The largest absolute Gasteiger partial charge is 0.496 e. The van der Waals surface area contributed by atoms with Gasteiger partial charge in [0, 0.05) is 32.3 Å². The molecule has 1 heterocycles. The average Bonchev–Trinajstić information content (AvgIpc) is 3.40. The summed E-state index contributed by atoms with van der Waals surface area (Å²) in [4.78, 5) is 33.7. The maximum atomic E-state index is 13.3. The van der Waals surface area contributed by atoms with E-state index in [0.29, 0.717) is 44.7 Å². The van der Waals surface area contributed by atoms with Gasteiger partial charge in [-0.1, -0.05) is 66.5 Å². The number of carbonyl (C=O) groups excluding carboxylic acids is 1. The molecular weight excluding hydrogens is 549 g/mol. The van der Waals surface area contributed by atoms with Crippen LogP contribution in [0.3, 0.4) is 0 Å². The van der Waals surface area contributed by atoms with Gasteiger partial charge in [-0.2, -0.15) is 0 Å². The van der Waals surface area contributed by atoms with Crippen molar-refractivity contribution in [3.63, 3.8) is 0 Å². The number of nitrogens with zero attached hydrogens (tertiary/aromatic N) is 1. The lowest BCUT2D eigenvalue weighted by Gasteiger charge is -2.21. The van der Waals surface area contributed by atoms with Crippen molar-refractivity contribution >= 4 is 46.1 Å². The van der Waals surface area contributed by atoms with Crippen LogP contribution >= 0.6 is 23.2 Å². The minimum Gasteiger partial charge on any atom is -0.496 e. The summed E-state index contributed by atoms with van der Waals surface area (Å²) in [6.07, 6.45) is 0.577. The summed E-state index contributed by atoms with van der Waals surface area (Å²) < 4.78 is 5.46. The van der Waals surface area contributed by atoms with Crippen LogP contribution in [-0.2, 0) is 0 Å². The van der Waals surface area contributed by atoms with Crippen LogP contribution in [0.1, 0.15) is 45.7 Å². The molecule has 5 rings (SSSR count). The number of para-hydroxylation sites is 2. The van der Waals surface area contributed by atoms with E-state index in [1.54, 1.807) is 42.5 Å². The molecule has 3 N–H and O–H groups in total. The highest BCUT2D eigenvalue weighted by molar-refractivity contribution is 6.34. The Morgan fingerprint density at radius 1 is 1.00 bits per heavy atom. The van der Waals surface area contributed by atoms with Crippen molar-refractivity contribution in [1.82, 2.24) is 15.3 Å². The number of carboxylic acids is 1. The highest BCUT2D eigenvalue weighted by Crippen LogP contribution is 2.39. The maximum Gasteiger partial charge on any atom is 0.336 e. The van der Waals surface area contributed by atoms with Crippen LogP contribution in [0.25, 0.3) is 33.5 Å². The first-order valence-electron chi connectivity index (χ1n) is 12.6. The molecule has 0 aliphatic heterocycles. The normalized spacial score (nSPS) is 11.8. The van der Waals surface area contributed by atoms with Crippen molar-refractivity contribution in [2.24, 2.45) is 0 Å². The number of aromatic amines is 1. The number of methoxy groups -OCH3 is 1. The Hall–Kier alpha value is -4.33. The van der Waals surface area contributed by atoms with E-state index in [9.17, 15) is 14.7 Å². The first-order chi connectivity index (χ1) is 19.3. The molecule has 40 heavy (non-hydrogen) atoms. The first kappa shape index (κ1) is 27.2. The Morgan fingerprint density at radius 3 is 2.52 bits per heavy atom. The van der Waals surface area contributed by atoms with Gasteiger partial charge in [0.15, 0.2) is 0 Å². The van der Waals surface area contributed by atoms with Gasteiger partial charge in [-0.25, -0.2) is 9.78 Å². The van der Waals surface area contributed by atoms with Gasteiger partial charge >= 0.3 is 5.97 Å². The fraction of sp³-hybridized carbons (Fsp3) is 0.129. The molecule has 0 bridgehead atoms. The summed E-state index contributed by atoms with van der Waals surface area (Å²) in [5.74, 6) is -0.501. The molecule has 202 valence electrons. The van der Waals surface area contributed by atoms with Crippen LogP contribution in [0.15, 0.2) is 78.9 Å². The molecule has 0 unspecified atom stereocenters. The second-order valence-electron chi connectivity index (χ2n) is 9.15. The predicted molar refractivity (Wildman–Crippen MR) is 157 cm³/mol. The topological polar surface area (TPSA) is 104 Å². The molecule has 1 atom stereocenters. The number of halogens is 2. The van der Waals surface area contributed by atoms with Gasteiger partial charge in [-0.05, 0) is 54.4 Å². The smallest absolute Gasteiger partial charge is 0.336 e. The predicted octanol–water partition coefficient (Wildman–Crippen LogP) is 7.79. The fourth-order valence-electron chi connectivity index (χ4n) is 4.77. The number of aromatic nitrogens is 2. The summed E-state index contributed by atoms with van der Waals surface area (Å²) in [6, 6.07) is 22.3. The third-order valence-electron chi connectivity index (χ3n) is 6.72. The number of fused-ring (bicyclic) bond motifs is 1. The molecule has 5 aromatic rings. The van der Waals surface area contributed by atoms with Crippen molar-refractivity contribution < 1.29 is 19.4 Å². The van der Waals surface area contributed by atoms with Gasteiger partial charge in [0.05, 0.1) is 29.7 Å². The zero-order valence-electron chi connectivity index (χ0n) is 21.7. The standard InChI is InChI=1S/C31H25Cl2N3O4/c1-3-24(20-14-12-18(32)16-27(20)40-2)36-30(37)17-11-13-19(22(15-17)31(38)39)28-21(7-6-8-23(28)33)29-34-25-9-4-5-10-26(25)35-29/h4-16,24H,3H2,1-2H3,(H,34,35)(H,36,37)(H,38,39)/t24-/m0/s1. The number of carboxylic acid groups (broad SMARTS) is 1. The molecule has 0 saturated carbocycles. The van der Waals surface area contributed by atoms with Gasteiger partial charge in [-0.15, -0.1) is 0 Å².